The minimum Gasteiger partial charge on any atom is -0.504 e. The number of hydrogen-bond donors (Lipinski definition) is 1. The fourth-order valence-electron chi connectivity index (χ4n) is 1.89. The van der Waals surface area contributed by atoms with Crippen LogP contribution in [0.25, 0.3) is 12.2 Å². The Balaban J connectivity index is 1.82. The van der Waals surface area contributed by atoms with Gasteiger partial charge in [0.1, 0.15) is 6.61 Å². The number of esters is 1. The summed E-state index contributed by atoms with van der Waals surface area (Å²) in [6.45, 7) is 0.168. The van der Waals surface area contributed by atoms with Gasteiger partial charge in [-0.25, -0.2) is 4.79 Å². The van der Waals surface area contributed by atoms with Gasteiger partial charge in [-0.05, 0) is 35.4 Å². The number of phenols is 1. The van der Waals surface area contributed by atoms with Crippen LogP contribution in [0.15, 0.2) is 60.7 Å². The first-order valence-electron chi connectivity index (χ1n) is 7.12. The van der Waals surface area contributed by atoms with Gasteiger partial charge < -0.3 is 14.6 Å². The van der Waals surface area contributed by atoms with E-state index in [2.05, 4.69) is 0 Å². The zero-order valence-electron chi connectivity index (χ0n) is 12.8. The molecule has 0 atom stereocenters. The Morgan fingerprint density at radius 1 is 1.09 bits per heavy atom. The normalized spacial score (nSPS) is 11.0. The molecule has 0 spiro atoms. The Labute approximate surface area is 135 Å². The van der Waals surface area contributed by atoms with Crippen molar-refractivity contribution in [2.75, 3.05) is 13.7 Å². The first kappa shape index (κ1) is 16.4. The summed E-state index contributed by atoms with van der Waals surface area (Å²) >= 11 is 0. The van der Waals surface area contributed by atoms with Crippen LogP contribution in [0.1, 0.15) is 11.1 Å². The van der Waals surface area contributed by atoms with Crippen molar-refractivity contribution in [2.24, 2.45) is 0 Å². The van der Waals surface area contributed by atoms with E-state index in [-0.39, 0.29) is 12.4 Å². The van der Waals surface area contributed by atoms with E-state index in [0.717, 1.165) is 11.1 Å². The van der Waals surface area contributed by atoms with Crippen LogP contribution < -0.4 is 4.74 Å². The first-order chi connectivity index (χ1) is 11.2. The molecular weight excluding hydrogens is 292 g/mol. The molecule has 0 unspecified atom stereocenters. The summed E-state index contributed by atoms with van der Waals surface area (Å²) in [4.78, 5) is 11.6. The molecule has 0 saturated carbocycles. The van der Waals surface area contributed by atoms with E-state index in [1.807, 2.05) is 30.3 Å². The number of rotatable bonds is 6. The number of carbonyl (C=O) groups excluding carboxylic acids is 1. The lowest BCUT2D eigenvalue weighted by molar-refractivity contribution is -0.136. The number of aromatic hydroxyl groups is 1. The average molecular weight is 310 g/mol. The summed E-state index contributed by atoms with van der Waals surface area (Å²) in [5, 5.41) is 9.51. The van der Waals surface area contributed by atoms with Crippen LogP contribution >= 0.6 is 0 Å². The van der Waals surface area contributed by atoms with Gasteiger partial charge in [0, 0.05) is 6.08 Å². The molecule has 0 heterocycles. The van der Waals surface area contributed by atoms with Crippen molar-refractivity contribution in [3.63, 3.8) is 0 Å². The van der Waals surface area contributed by atoms with Gasteiger partial charge in [0.25, 0.3) is 0 Å². The van der Waals surface area contributed by atoms with Crippen molar-refractivity contribution in [1.82, 2.24) is 0 Å². The second-order valence-electron chi connectivity index (χ2n) is 4.71. The monoisotopic (exact) mass is 310 g/mol. The third kappa shape index (κ3) is 5.36. The number of benzene rings is 2. The van der Waals surface area contributed by atoms with Crippen molar-refractivity contribution in [2.45, 2.75) is 0 Å². The molecule has 0 radical (unpaired) electrons. The van der Waals surface area contributed by atoms with E-state index >= 15 is 0 Å². The van der Waals surface area contributed by atoms with Crippen molar-refractivity contribution >= 4 is 18.1 Å². The summed E-state index contributed by atoms with van der Waals surface area (Å²) in [5.74, 6) is 0.0823. The Morgan fingerprint density at radius 2 is 1.87 bits per heavy atom. The lowest BCUT2D eigenvalue weighted by Gasteiger charge is -2.03. The number of ether oxygens (including phenoxy) is 2. The van der Waals surface area contributed by atoms with Gasteiger partial charge in [-0.1, -0.05) is 42.5 Å². The van der Waals surface area contributed by atoms with E-state index in [0.29, 0.717) is 5.75 Å². The molecule has 1 N–H and O–H groups in total. The molecule has 4 nitrogen and oxygen atoms in total. The largest absolute Gasteiger partial charge is 0.504 e. The fraction of sp³-hybridized carbons (Fsp3) is 0.105. The number of phenolic OH excluding ortho intramolecular Hbond substituents is 1. The van der Waals surface area contributed by atoms with Crippen LogP contribution in [0, 0.1) is 0 Å². The summed E-state index contributed by atoms with van der Waals surface area (Å²) in [6.07, 6.45) is 6.61. The molecule has 0 aromatic heterocycles. The summed E-state index contributed by atoms with van der Waals surface area (Å²) < 4.78 is 10.1. The smallest absolute Gasteiger partial charge is 0.331 e. The minimum atomic E-state index is -0.401. The molecule has 2 aromatic rings. The quantitative estimate of drug-likeness (QED) is 0.653. The predicted molar refractivity (Wildman–Crippen MR) is 90.1 cm³/mol. The van der Waals surface area contributed by atoms with Crippen LogP contribution in [-0.2, 0) is 9.53 Å². The third-order valence-electron chi connectivity index (χ3n) is 3.05. The molecular formula is C19H18O4. The minimum absolute atomic E-state index is 0.0853. The van der Waals surface area contributed by atoms with Crippen LogP contribution in [0.5, 0.6) is 11.5 Å². The first-order valence-corrected chi connectivity index (χ1v) is 7.12. The molecule has 118 valence electrons. The molecule has 0 amide bonds. The summed E-state index contributed by atoms with van der Waals surface area (Å²) in [7, 11) is 1.49. The second-order valence-corrected chi connectivity index (χ2v) is 4.71. The highest BCUT2D eigenvalue weighted by atomic mass is 16.5. The number of hydrogen-bond acceptors (Lipinski definition) is 4. The Hall–Kier alpha value is -3.01. The van der Waals surface area contributed by atoms with E-state index in [1.54, 1.807) is 36.4 Å². The molecule has 0 bridgehead atoms. The molecule has 4 heteroatoms. The number of carbonyl (C=O) groups is 1. The van der Waals surface area contributed by atoms with Gasteiger partial charge in [0.2, 0.25) is 0 Å². The standard InChI is InChI=1S/C19H18O4/c1-22-18-14-16(9-11-17(18)20)8-5-13-23-19(21)12-10-15-6-3-2-4-7-15/h2-12,14,20H,13H2,1H3/b8-5+,12-10+. The van der Waals surface area contributed by atoms with Crippen LogP contribution in [-0.4, -0.2) is 24.8 Å². The van der Waals surface area contributed by atoms with Crippen molar-refractivity contribution < 1.29 is 19.4 Å². The van der Waals surface area contributed by atoms with E-state index in [9.17, 15) is 9.90 Å². The second kappa shape index (κ2) is 8.44. The molecule has 0 saturated heterocycles. The van der Waals surface area contributed by atoms with Gasteiger partial charge in [-0.3, -0.25) is 0 Å². The highest BCUT2D eigenvalue weighted by Crippen LogP contribution is 2.26. The van der Waals surface area contributed by atoms with Gasteiger partial charge in [0.15, 0.2) is 11.5 Å². The van der Waals surface area contributed by atoms with Crippen LogP contribution in [0.4, 0.5) is 0 Å². The van der Waals surface area contributed by atoms with E-state index in [4.69, 9.17) is 9.47 Å². The third-order valence-corrected chi connectivity index (χ3v) is 3.05. The van der Waals surface area contributed by atoms with Crippen LogP contribution in [0.2, 0.25) is 0 Å². The lowest BCUT2D eigenvalue weighted by atomic mass is 10.2. The Bertz CT molecular complexity index is 703. The Kier molecular flexibility index (Phi) is 6.00. The van der Waals surface area contributed by atoms with Crippen LogP contribution in [0.3, 0.4) is 0 Å². The zero-order chi connectivity index (χ0) is 16.5. The highest BCUT2D eigenvalue weighted by Gasteiger charge is 2.00. The van der Waals surface area contributed by atoms with Gasteiger partial charge in [-0.2, -0.15) is 0 Å². The van der Waals surface area contributed by atoms with Gasteiger partial charge in [0.05, 0.1) is 7.11 Å². The maximum Gasteiger partial charge on any atom is 0.331 e. The topological polar surface area (TPSA) is 55.8 Å². The molecule has 0 aliphatic carbocycles. The van der Waals surface area contributed by atoms with Crippen molar-refractivity contribution in [1.29, 1.82) is 0 Å². The van der Waals surface area contributed by atoms with Crippen molar-refractivity contribution in [3.05, 3.63) is 71.8 Å². The molecule has 2 aromatic carbocycles. The molecule has 0 fully saturated rings. The SMILES string of the molecule is COc1cc(/C=C/COC(=O)/C=C/c2ccccc2)ccc1O. The molecule has 23 heavy (non-hydrogen) atoms. The Morgan fingerprint density at radius 3 is 2.61 bits per heavy atom. The molecule has 0 aliphatic heterocycles. The maximum absolute atomic E-state index is 11.6. The van der Waals surface area contributed by atoms with Crippen molar-refractivity contribution in [3.8, 4) is 11.5 Å². The van der Waals surface area contributed by atoms with E-state index in [1.165, 1.54) is 13.2 Å². The summed E-state index contributed by atoms with van der Waals surface area (Å²) in [5.41, 5.74) is 1.78. The maximum atomic E-state index is 11.6. The summed E-state index contributed by atoms with van der Waals surface area (Å²) in [6, 6.07) is 14.5. The molecule has 0 aliphatic rings. The number of methoxy groups -OCH3 is 1. The lowest BCUT2D eigenvalue weighted by Crippen LogP contribution is -1.99. The predicted octanol–water partition coefficient (Wildman–Crippen LogP) is 3.67. The molecule has 2 rings (SSSR count). The zero-order valence-corrected chi connectivity index (χ0v) is 12.8. The van der Waals surface area contributed by atoms with E-state index < -0.39 is 5.97 Å². The fourth-order valence-corrected chi connectivity index (χ4v) is 1.89. The average Bonchev–Trinajstić information content (AvgIpc) is 2.59. The van der Waals surface area contributed by atoms with Gasteiger partial charge >= 0.3 is 5.97 Å². The van der Waals surface area contributed by atoms with Gasteiger partial charge in [-0.15, -0.1) is 0 Å². The highest BCUT2D eigenvalue weighted by molar-refractivity contribution is 5.87.